The second kappa shape index (κ2) is 4.27. The molecule has 3 rings (SSSR count). The van der Waals surface area contributed by atoms with Crippen LogP contribution in [0.25, 0.3) is 0 Å². The predicted octanol–water partition coefficient (Wildman–Crippen LogP) is 2.73. The molecule has 2 bridgehead atoms. The van der Waals surface area contributed by atoms with Gasteiger partial charge >= 0.3 is 0 Å². The summed E-state index contributed by atoms with van der Waals surface area (Å²) in [7, 11) is 0. The lowest BCUT2D eigenvalue weighted by Gasteiger charge is -2.39. The molecular weight excluding hydrogens is 250 g/mol. The molecule has 1 amide bonds. The number of carbonyl (C=O) groups excluding carboxylic acids is 1. The lowest BCUT2D eigenvalue weighted by Crippen LogP contribution is -2.47. The number of aromatic nitrogens is 2. The molecule has 2 aliphatic carbocycles. The number of rotatable bonds is 2. The topological polar surface area (TPSA) is 54.9 Å². The molecule has 0 aromatic carbocycles. The summed E-state index contributed by atoms with van der Waals surface area (Å²) >= 11 is 0. The van der Waals surface area contributed by atoms with E-state index in [-0.39, 0.29) is 17.4 Å². The third kappa shape index (κ3) is 1.77. The summed E-state index contributed by atoms with van der Waals surface area (Å²) in [4.78, 5) is 20.6. The molecule has 0 unspecified atom stereocenters. The minimum atomic E-state index is -0.0647. The van der Waals surface area contributed by atoms with E-state index >= 15 is 0 Å². The first-order valence-corrected chi connectivity index (χ1v) is 7.45. The number of amides is 1. The van der Waals surface area contributed by atoms with Crippen LogP contribution in [0, 0.1) is 23.7 Å². The first-order valence-electron chi connectivity index (χ1n) is 7.45. The summed E-state index contributed by atoms with van der Waals surface area (Å²) < 4.78 is 0. The number of fused-ring (bicyclic) bond motifs is 2. The summed E-state index contributed by atoms with van der Waals surface area (Å²) in [6.45, 7) is 8.84. The fourth-order valence-electron chi connectivity index (χ4n) is 4.24. The van der Waals surface area contributed by atoms with Crippen LogP contribution < -0.4 is 5.32 Å². The maximum absolute atomic E-state index is 12.4. The molecule has 0 radical (unpaired) electrons. The van der Waals surface area contributed by atoms with Crippen LogP contribution in [-0.2, 0) is 0 Å². The van der Waals surface area contributed by atoms with Crippen LogP contribution in [0.4, 0.5) is 0 Å². The van der Waals surface area contributed by atoms with Gasteiger partial charge in [-0.25, -0.2) is 9.97 Å². The van der Waals surface area contributed by atoms with Gasteiger partial charge in [-0.2, -0.15) is 0 Å². The minimum Gasteiger partial charge on any atom is -0.347 e. The molecule has 1 aromatic heterocycles. The molecule has 0 spiro atoms. The zero-order valence-corrected chi connectivity index (χ0v) is 12.7. The van der Waals surface area contributed by atoms with Gasteiger partial charge in [-0.3, -0.25) is 4.79 Å². The van der Waals surface area contributed by atoms with Gasteiger partial charge in [0.2, 0.25) is 0 Å². The minimum absolute atomic E-state index is 0.0647. The number of hydrogen-bond acceptors (Lipinski definition) is 3. The standard InChI is InChI=1S/C16H23N3O/c1-10-17-8-6-12(18-10)14(20)19-13-9-11-5-7-16(13,4)15(11,2)3/h6,8,11,13H,5,7,9H2,1-4H3,(H,19,20)/t11-,13+,16-/m1/s1. The highest BCUT2D eigenvalue weighted by molar-refractivity contribution is 5.92. The Hall–Kier alpha value is -1.45. The highest BCUT2D eigenvalue weighted by Crippen LogP contribution is 2.65. The van der Waals surface area contributed by atoms with E-state index < -0.39 is 0 Å². The van der Waals surface area contributed by atoms with Crippen molar-refractivity contribution in [1.29, 1.82) is 0 Å². The SMILES string of the molecule is Cc1nccc(C(=O)N[C@H]2C[C@H]3CC[C@@]2(C)C3(C)C)n1. The number of aryl methyl sites for hydroxylation is 1. The van der Waals surface area contributed by atoms with E-state index in [1.165, 1.54) is 12.8 Å². The van der Waals surface area contributed by atoms with E-state index in [1.807, 2.05) is 0 Å². The molecule has 108 valence electrons. The lowest BCUT2D eigenvalue weighted by molar-refractivity contribution is 0.0821. The van der Waals surface area contributed by atoms with Crippen LogP contribution in [-0.4, -0.2) is 21.9 Å². The molecule has 4 nitrogen and oxygen atoms in total. The Morgan fingerprint density at radius 2 is 2.15 bits per heavy atom. The van der Waals surface area contributed by atoms with Crippen LogP contribution in [0.5, 0.6) is 0 Å². The molecule has 2 saturated carbocycles. The fraction of sp³-hybridized carbons (Fsp3) is 0.688. The van der Waals surface area contributed by atoms with Crippen LogP contribution >= 0.6 is 0 Å². The Balaban J connectivity index is 1.78. The average molecular weight is 273 g/mol. The molecular formula is C16H23N3O. The number of carbonyl (C=O) groups is 1. The third-order valence-electron chi connectivity index (χ3n) is 6.11. The molecule has 2 fully saturated rings. The summed E-state index contributed by atoms with van der Waals surface area (Å²) in [6, 6.07) is 1.95. The molecule has 20 heavy (non-hydrogen) atoms. The molecule has 0 saturated heterocycles. The first kappa shape index (κ1) is 13.5. The van der Waals surface area contributed by atoms with E-state index in [4.69, 9.17) is 0 Å². The molecule has 1 N–H and O–H groups in total. The smallest absolute Gasteiger partial charge is 0.270 e. The molecule has 2 aliphatic rings. The fourth-order valence-corrected chi connectivity index (χ4v) is 4.24. The van der Waals surface area contributed by atoms with Gasteiger partial charge < -0.3 is 5.32 Å². The monoisotopic (exact) mass is 273 g/mol. The van der Waals surface area contributed by atoms with Gasteiger partial charge in [0.25, 0.3) is 5.91 Å². The summed E-state index contributed by atoms with van der Waals surface area (Å²) in [6.07, 6.45) is 5.24. The van der Waals surface area contributed by atoms with Crippen molar-refractivity contribution in [1.82, 2.24) is 15.3 Å². The molecule has 0 aliphatic heterocycles. The van der Waals surface area contributed by atoms with Crippen LogP contribution in [0.15, 0.2) is 12.3 Å². The summed E-state index contributed by atoms with van der Waals surface area (Å²) in [5.74, 6) is 1.30. The number of hydrogen-bond donors (Lipinski definition) is 1. The maximum atomic E-state index is 12.4. The van der Waals surface area contributed by atoms with Crippen molar-refractivity contribution in [2.75, 3.05) is 0 Å². The number of nitrogens with one attached hydrogen (secondary N) is 1. The van der Waals surface area contributed by atoms with E-state index in [1.54, 1.807) is 19.2 Å². The van der Waals surface area contributed by atoms with Crippen molar-refractivity contribution in [3.05, 3.63) is 23.8 Å². The summed E-state index contributed by atoms with van der Waals surface area (Å²) in [5, 5.41) is 3.22. The molecule has 3 atom stereocenters. The van der Waals surface area contributed by atoms with Gasteiger partial charge in [-0.15, -0.1) is 0 Å². The van der Waals surface area contributed by atoms with E-state index in [0.29, 0.717) is 16.9 Å². The van der Waals surface area contributed by atoms with Gasteiger partial charge in [0, 0.05) is 12.2 Å². The Kier molecular flexibility index (Phi) is 2.89. The zero-order valence-electron chi connectivity index (χ0n) is 12.7. The maximum Gasteiger partial charge on any atom is 0.270 e. The van der Waals surface area contributed by atoms with E-state index in [9.17, 15) is 4.79 Å². The van der Waals surface area contributed by atoms with Crippen molar-refractivity contribution in [3.8, 4) is 0 Å². The Bertz CT molecular complexity index is 554. The first-order chi connectivity index (χ1) is 9.34. The second-order valence-electron chi connectivity index (χ2n) is 7.13. The Morgan fingerprint density at radius 1 is 1.40 bits per heavy atom. The van der Waals surface area contributed by atoms with Gasteiger partial charge in [-0.05, 0) is 49.0 Å². The summed E-state index contributed by atoms with van der Waals surface area (Å²) in [5.41, 5.74) is 0.990. The van der Waals surface area contributed by atoms with Crippen molar-refractivity contribution in [2.45, 2.75) is 53.0 Å². The van der Waals surface area contributed by atoms with Gasteiger partial charge in [0.15, 0.2) is 0 Å². The predicted molar refractivity (Wildman–Crippen MR) is 77.3 cm³/mol. The quantitative estimate of drug-likeness (QED) is 0.901. The van der Waals surface area contributed by atoms with Gasteiger partial charge in [0.1, 0.15) is 11.5 Å². The molecule has 4 heteroatoms. The van der Waals surface area contributed by atoms with Gasteiger partial charge in [-0.1, -0.05) is 20.8 Å². The normalized spacial score (nSPS) is 34.2. The largest absolute Gasteiger partial charge is 0.347 e. The highest BCUT2D eigenvalue weighted by Gasteiger charge is 2.61. The van der Waals surface area contributed by atoms with Crippen molar-refractivity contribution >= 4 is 5.91 Å². The van der Waals surface area contributed by atoms with Crippen LogP contribution in [0.3, 0.4) is 0 Å². The second-order valence-corrected chi connectivity index (χ2v) is 7.13. The van der Waals surface area contributed by atoms with Crippen molar-refractivity contribution in [2.24, 2.45) is 16.7 Å². The number of nitrogens with zero attached hydrogens (tertiary/aromatic N) is 2. The third-order valence-corrected chi connectivity index (χ3v) is 6.11. The lowest BCUT2D eigenvalue weighted by atomic mass is 9.69. The molecule has 1 aromatic rings. The van der Waals surface area contributed by atoms with E-state index in [2.05, 4.69) is 36.1 Å². The zero-order chi connectivity index (χ0) is 14.5. The van der Waals surface area contributed by atoms with Crippen molar-refractivity contribution < 1.29 is 4.79 Å². The Morgan fingerprint density at radius 3 is 2.70 bits per heavy atom. The average Bonchev–Trinajstić information content (AvgIpc) is 2.72. The molecule has 1 heterocycles. The highest BCUT2D eigenvalue weighted by atomic mass is 16.2. The van der Waals surface area contributed by atoms with Crippen LogP contribution in [0.2, 0.25) is 0 Å². The van der Waals surface area contributed by atoms with E-state index in [0.717, 1.165) is 12.3 Å². The Labute approximate surface area is 120 Å². The van der Waals surface area contributed by atoms with Gasteiger partial charge in [0.05, 0.1) is 0 Å². The van der Waals surface area contributed by atoms with Crippen LogP contribution in [0.1, 0.15) is 56.3 Å². The van der Waals surface area contributed by atoms with Crippen molar-refractivity contribution in [3.63, 3.8) is 0 Å².